The fourth-order valence-corrected chi connectivity index (χ4v) is 5.96. The Morgan fingerprint density at radius 3 is 1.80 bits per heavy atom. The van der Waals surface area contributed by atoms with Crippen LogP contribution < -0.4 is 14.7 Å². The van der Waals surface area contributed by atoms with Crippen LogP contribution in [0.2, 0.25) is 0 Å². The van der Waals surface area contributed by atoms with E-state index in [4.69, 9.17) is 36.3 Å². The summed E-state index contributed by atoms with van der Waals surface area (Å²) >= 11 is 0. The number of H-pyrrole nitrogens is 1. The molecular formula is C33H41F6N4O15PS2. The van der Waals surface area contributed by atoms with Crippen molar-refractivity contribution in [2.75, 3.05) is 34.5 Å². The number of alkyl carbamates (subject to hydrolysis) is 1. The lowest BCUT2D eigenvalue weighted by Gasteiger charge is -2.27. The minimum Gasteiger partial charge on any atom is -0.741 e. The fourth-order valence-electron chi connectivity index (χ4n) is 4.68. The van der Waals surface area contributed by atoms with Crippen molar-refractivity contribution in [3.05, 3.63) is 71.5 Å². The van der Waals surface area contributed by atoms with Gasteiger partial charge in [-0.25, -0.2) is 18.0 Å². The molecule has 0 saturated heterocycles. The second-order valence-corrected chi connectivity index (χ2v) is 18.4. The lowest BCUT2D eigenvalue weighted by molar-refractivity contribution is -0.733. The first-order valence-corrected chi connectivity index (χ1v) is 21.4. The number of benzene rings is 2. The molecule has 2 aromatic carbocycles. The Morgan fingerprint density at radius 2 is 1.39 bits per heavy atom. The smallest absolute Gasteiger partial charge is 0.523 e. The van der Waals surface area contributed by atoms with Gasteiger partial charge in [-0.2, -0.15) is 39.9 Å². The van der Waals surface area contributed by atoms with Gasteiger partial charge in [-0.3, -0.25) is 18.3 Å². The summed E-state index contributed by atoms with van der Waals surface area (Å²) in [5, 5.41) is 6.52. The molecule has 1 atom stereocenters. The Morgan fingerprint density at radius 1 is 0.885 bits per heavy atom. The number of hydrogen-bond donors (Lipinski definition) is 2. The Hall–Kier alpha value is -4.63. The van der Waals surface area contributed by atoms with Crippen LogP contribution in [0, 0.1) is 0 Å². The maximum Gasteiger partial charge on any atom is 0.523 e. The predicted molar refractivity (Wildman–Crippen MR) is 197 cm³/mol. The van der Waals surface area contributed by atoms with Crippen molar-refractivity contribution in [3.8, 4) is 16.9 Å². The molecule has 1 aliphatic rings. The van der Waals surface area contributed by atoms with Crippen LogP contribution >= 0.6 is 7.60 Å². The van der Waals surface area contributed by atoms with E-state index in [0.717, 1.165) is 16.8 Å². The summed E-state index contributed by atoms with van der Waals surface area (Å²) in [6.07, 6.45) is 2.85. The first-order valence-electron chi connectivity index (χ1n) is 16.9. The maximum atomic E-state index is 13.3. The van der Waals surface area contributed by atoms with Gasteiger partial charge < -0.3 is 28.4 Å². The standard InChI is InChI=1S/C30H37N4O9P.C2H3F3O3S.CHF3O3S/c1-30(2,3)42-29(37)31-17-9-12-25-24(18-32-33(25)4)20-13-15-21(16-14-20)41-19-26(44(38,39-5)40-6)43-34-27(35)22-10-7-8-11-23(22)28(34)36;1-8-9(6,7)2(3,4)5;2-1(3,4)8(5,6)7/h7-8,10-11,13-16,18,26H,9,12,17,19H2,1-6H3,(H,31,37);1H3;(H,5,6,7). The van der Waals surface area contributed by atoms with Crippen LogP contribution in [0.5, 0.6) is 5.75 Å². The maximum absolute atomic E-state index is 13.3. The number of nitrogens with zero attached hydrogens (tertiary/aromatic N) is 2. The summed E-state index contributed by atoms with van der Waals surface area (Å²) in [7, 11) is -10.7. The molecule has 28 heteroatoms. The van der Waals surface area contributed by atoms with Gasteiger partial charge in [0.05, 0.1) is 30.0 Å². The number of amides is 3. The Bertz CT molecular complexity index is 2220. The normalized spacial score (nSPS) is 14.0. The largest absolute Gasteiger partial charge is 0.741 e. The van der Waals surface area contributed by atoms with Gasteiger partial charge in [0, 0.05) is 27.2 Å². The van der Waals surface area contributed by atoms with E-state index in [2.05, 4.69) is 14.6 Å². The summed E-state index contributed by atoms with van der Waals surface area (Å²) in [5.41, 5.74) is -8.22. The summed E-state index contributed by atoms with van der Waals surface area (Å²) in [5.74, 6) is -2.37. The van der Waals surface area contributed by atoms with Crippen molar-refractivity contribution in [2.45, 2.75) is 56.1 Å². The molecule has 2 heterocycles. The molecule has 0 spiro atoms. The predicted octanol–water partition coefficient (Wildman–Crippen LogP) is 4.92. The van der Waals surface area contributed by atoms with Crippen molar-refractivity contribution in [1.82, 2.24) is 15.5 Å². The summed E-state index contributed by atoms with van der Waals surface area (Å²) in [4.78, 5) is 43.2. The number of halogens is 6. The van der Waals surface area contributed by atoms with E-state index in [0.29, 0.717) is 37.3 Å². The van der Waals surface area contributed by atoms with E-state index in [-0.39, 0.29) is 17.7 Å². The monoisotopic (exact) mass is 942 g/mol. The molecule has 0 aliphatic carbocycles. The molecule has 1 unspecified atom stereocenters. The molecule has 4 rings (SSSR count). The molecule has 0 saturated carbocycles. The fraction of sp³-hybridized carbons (Fsp3) is 0.455. The Balaban J connectivity index is 0.000000630. The molecule has 0 bridgehead atoms. The molecule has 3 aromatic rings. The van der Waals surface area contributed by atoms with Crippen molar-refractivity contribution in [3.63, 3.8) is 0 Å². The molecule has 0 fully saturated rings. The van der Waals surface area contributed by atoms with E-state index in [1.165, 1.54) is 26.4 Å². The first kappa shape index (κ1) is 52.5. The van der Waals surface area contributed by atoms with E-state index in [1.807, 2.05) is 50.8 Å². The first-order chi connectivity index (χ1) is 27.9. The number of carbonyl (C=O) groups is 3. The van der Waals surface area contributed by atoms with Gasteiger partial charge in [-0.1, -0.05) is 24.3 Å². The summed E-state index contributed by atoms with van der Waals surface area (Å²) in [6, 6.07) is 13.5. The quantitative estimate of drug-likeness (QED) is 0.0318. The SMILES string of the molecule is COP(=O)(OC)C(COc1ccc(-c2c[nH][n+](C)c2CCCNC(=O)OC(C)(C)C)cc1)ON1C(=O)c2ccccc2C1=O.COS(=O)(=O)C(F)(F)F.O=S(=O)([O-])C(F)(F)F. The summed E-state index contributed by atoms with van der Waals surface area (Å²) < 4.78 is 151. The van der Waals surface area contributed by atoms with Gasteiger partial charge in [0.2, 0.25) is 11.5 Å². The van der Waals surface area contributed by atoms with E-state index >= 15 is 0 Å². The number of aromatic nitrogens is 2. The molecule has 1 aromatic heterocycles. The van der Waals surface area contributed by atoms with E-state index < -0.39 is 68.2 Å². The highest BCUT2D eigenvalue weighted by molar-refractivity contribution is 7.87. The zero-order chi connectivity index (χ0) is 46.8. The lowest BCUT2D eigenvalue weighted by atomic mass is 10.0. The number of aryl methyl sites for hydroxylation is 1. The molecule has 3 amide bonds. The van der Waals surface area contributed by atoms with Gasteiger partial charge >= 0.3 is 34.8 Å². The van der Waals surface area contributed by atoms with Gasteiger partial charge in [0.25, 0.3) is 11.8 Å². The molecule has 342 valence electrons. The number of alkyl halides is 6. The van der Waals surface area contributed by atoms with Crippen LogP contribution in [-0.4, -0.2) is 106 Å². The number of rotatable bonds is 14. The highest BCUT2D eigenvalue weighted by Gasteiger charge is 2.47. The van der Waals surface area contributed by atoms with Gasteiger partial charge in [0.15, 0.2) is 17.2 Å². The highest BCUT2D eigenvalue weighted by atomic mass is 32.2. The van der Waals surface area contributed by atoms with Crippen LogP contribution in [0.25, 0.3) is 11.1 Å². The second-order valence-electron chi connectivity index (χ2n) is 12.9. The van der Waals surface area contributed by atoms with Gasteiger partial charge in [-0.05, 0) is 57.0 Å². The lowest BCUT2D eigenvalue weighted by Crippen LogP contribution is -2.37. The number of hydroxylamine groups is 2. The van der Waals surface area contributed by atoms with Crippen molar-refractivity contribution in [1.29, 1.82) is 0 Å². The van der Waals surface area contributed by atoms with Crippen LogP contribution in [0.1, 0.15) is 53.6 Å². The Labute approximate surface area is 345 Å². The molecular weight excluding hydrogens is 901 g/mol. The molecule has 1 aliphatic heterocycles. The molecule has 0 radical (unpaired) electrons. The number of aromatic amines is 1. The average molecular weight is 943 g/mol. The number of hydrogen-bond acceptors (Lipinski definition) is 15. The second kappa shape index (κ2) is 21.0. The third kappa shape index (κ3) is 14.8. The number of fused-ring (bicyclic) bond motifs is 1. The zero-order valence-electron chi connectivity index (χ0n) is 33.2. The molecule has 2 N–H and O–H groups in total. The van der Waals surface area contributed by atoms with E-state index in [9.17, 15) is 53.7 Å². The highest BCUT2D eigenvalue weighted by Crippen LogP contribution is 2.52. The molecule has 61 heavy (non-hydrogen) atoms. The Kier molecular flexibility index (Phi) is 18.0. The summed E-state index contributed by atoms with van der Waals surface area (Å²) in [6.45, 7) is 5.56. The van der Waals surface area contributed by atoms with Crippen LogP contribution in [0.4, 0.5) is 31.1 Å². The van der Waals surface area contributed by atoms with Crippen LogP contribution in [0.15, 0.2) is 54.7 Å². The average Bonchev–Trinajstić information content (AvgIpc) is 3.64. The van der Waals surface area contributed by atoms with Crippen molar-refractivity contribution >= 4 is 45.7 Å². The topological polar surface area (TPSA) is 250 Å². The third-order valence-electron chi connectivity index (χ3n) is 7.57. The van der Waals surface area contributed by atoms with Crippen LogP contribution in [0.3, 0.4) is 0 Å². The number of carbonyl (C=O) groups excluding carboxylic acids is 3. The molecule has 19 nitrogen and oxygen atoms in total. The van der Waals surface area contributed by atoms with Gasteiger partial charge in [-0.15, -0.1) is 9.75 Å². The zero-order valence-corrected chi connectivity index (χ0v) is 35.7. The van der Waals surface area contributed by atoms with Crippen molar-refractivity contribution < 1.29 is 98.9 Å². The van der Waals surface area contributed by atoms with Crippen LogP contribution in [-0.2, 0) is 61.1 Å². The number of nitrogens with one attached hydrogen (secondary N) is 2. The minimum atomic E-state index is -6.09. The van der Waals surface area contributed by atoms with Crippen molar-refractivity contribution in [2.24, 2.45) is 7.05 Å². The minimum absolute atomic E-state index is 0.175. The third-order valence-corrected chi connectivity index (χ3v) is 11.1. The van der Waals surface area contributed by atoms with E-state index in [1.54, 1.807) is 24.3 Å². The number of imide groups is 1. The number of ether oxygens (including phenoxy) is 2. The van der Waals surface area contributed by atoms with Gasteiger partial charge in [0.1, 0.15) is 18.0 Å².